The van der Waals surface area contributed by atoms with Crippen molar-refractivity contribution in [3.8, 4) is 5.75 Å². The van der Waals surface area contributed by atoms with Crippen LogP contribution in [0.3, 0.4) is 0 Å². The van der Waals surface area contributed by atoms with E-state index in [4.69, 9.17) is 9.15 Å². The number of aromatic nitrogens is 2. The maximum atomic E-state index is 12.5. The van der Waals surface area contributed by atoms with Gasteiger partial charge in [0, 0.05) is 6.20 Å². The van der Waals surface area contributed by atoms with Gasteiger partial charge in [0.25, 0.3) is 5.91 Å². The lowest BCUT2D eigenvalue weighted by molar-refractivity contribution is 0.0992. The molecule has 0 aliphatic rings. The first-order valence-electron chi connectivity index (χ1n) is 9.42. The number of carbonyl (C=O) groups excluding carboxylic acids is 1. The van der Waals surface area contributed by atoms with Crippen molar-refractivity contribution >= 4 is 27.5 Å². The summed E-state index contributed by atoms with van der Waals surface area (Å²) in [6.07, 6.45) is 3.41. The Bertz CT molecular complexity index is 1150. The number of anilines is 1. The second kappa shape index (κ2) is 9.00. The Morgan fingerprint density at radius 1 is 1.13 bits per heavy atom. The van der Waals surface area contributed by atoms with Crippen LogP contribution in [0.2, 0.25) is 0 Å². The van der Waals surface area contributed by atoms with Crippen LogP contribution in [-0.2, 0) is 13.2 Å². The van der Waals surface area contributed by atoms with E-state index in [1.54, 1.807) is 29.2 Å². The van der Waals surface area contributed by atoms with Gasteiger partial charge in [-0.15, -0.1) is 0 Å². The van der Waals surface area contributed by atoms with Gasteiger partial charge in [-0.2, -0.15) is 5.10 Å². The number of amides is 1. The van der Waals surface area contributed by atoms with Crippen LogP contribution in [0.1, 0.15) is 27.4 Å². The van der Waals surface area contributed by atoms with Crippen molar-refractivity contribution < 1.29 is 13.9 Å². The minimum Gasteiger partial charge on any atom is -0.484 e. The summed E-state index contributed by atoms with van der Waals surface area (Å²) < 4.78 is 14.0. The minimum atomic E-state index is -0.336. The predicted molar refractivity (Wildman–Crippen MR) is 118 cm³/mol. The number of benzene rings is 2. The molecule has 0 aliphatic carbocycles. The highest BCUT2D eigenvalue weighted by Gasteiger charge is 2.13. The minimum absolute atomic E-state index is 0.215. The fourth-order valence-electron chi connectivity index (χ4n) is 2.88. The molecule has 4 aromatic rings. The van der Waals surface area contributed by atoms with Crippen molar-refractivity contribution in [1.29, 1.82) is 0 Å². The lowest BCUT2D eigenvalue weighted by Gasteiger charge is -2.05. The molecule has 7 heteroatoms. The summed E-state index contributed by atoms with van der Waals surface area (Å²) in [5.74, 6) is 1.15. The Kier molecular flexibility index (Phi) is 5.99. The van der Waals surface area contributed by atoms with Gasteiger partial charge in [-0.25, -0.2) is 0 Å². The van der Waals surface area contributed by atoms with E-state index < -0.39 is 0 Å². The highest BCUT2D eigenvalue weighted by molar-refractivity contribution is 9.10. The van der Waals surface area contributed by atoms with E-state index in [-0.39, 0.29) is 18.3 Å². The molecule has 0 saturated carbocycles. The summed E-state index contributed by atoms with van der Waals surface area (Å²) in [7, 11) is 0. The maximum absolute atomic E-state index is 12.5. The van der Waals surface area contributed by atoms with Gasteiger partial charge in [-0.05, 0) is 52.7 Å². The zero-order chi connectivity index (χ0) is 20.9. The first kappa shape index (κ1) is 20.0. The number of ether oxygens (including phenoxy) is 1. The van der Waals surface area contributed by atoms with Crippen LogP contribution in [0.15, 0.2) is 81.9 Å². The average Bonchev–Trinajstić information content (AvgIpc) is 3.39. The summed E-state index contributed by atoms with van der Waals surface area (Å²) in [4.78, 5) is 12.5. The zero-order valence-electron chi connectivity index (χ0n) is 16.3. The summed E-state index contributed by atoms with van der Waals surface area (Å²) in [6, 6.07) is 19.2. The Morgan fingerprint density at radius 3 is 2.73 bits per heavy atom. The smallest absolute Gasteiger partial charge is 0.291 e. The molecule has 1 N–H and O–H groups in total. The van der Waals surface area contributed by atoms with Gasteiger partial charge in [0.1, 0.15) is 18.1 Å². The number of carbonyl (C=O) groups is 1. The van der Waals surface area contributed by atoms with Gasteiger partial charge in [0.15, 0.2) is 5.76 Å². The molecule has 0 aliphatic heterocycles. The average molecular weight is 466 g/mol. The largest absolute Gasteiger partial charge is 0.484 e. The van der Waals surface area contributed by atoms with E-state index in [2.05, 4.69) is 57.5 Å². The third-order valence-electron chi connectivity index (χ3n) is 4.45. The first-order valence-corrected chi connectivity index (χ1v) is 10.2. The van der Waals surface area contributed by atoms with Crippen LogP contribution in [0, 0.1) is 6.92 Å². The lowest BCUT2D eigenvalue weighted by atomic mass is 10.1. The van der Waals surface area contributed by atoms with Gasteiger partial charge in [0.05, 0.1) is 22.9 Å². The Morgan fingerprint density at radius 2 is 1.93 bits per heavy atom. The van der Waals surface area contributed by atoms with Gasteiger partial charge in [-0.1, -0.05) is 42.0 Å². The predicted octanol–water partition coefficient (Wildman–Crippen LogP) is 5.43. The molecule has 0 atom stereocenters. The van der Waals surface area contributed by atoms with Crippen molar-refractivity contribution in [1.82, 2.24) is 9.78 Å². The highest BCUT2D eigenvalue weighted by atomic mass is 79.9. The number of nitrogens with one attached hydrogen (secondary N) is 1. The number of furan rings is 1. The Hall–Kier alpha value is -3.32. The number of para-hydroxylation sites is 1. The number of aryl methyl sites for hydroxylation is 1. The number of rotatable bonds is 7. The molecule has 0 spiro atoms. The third-order valence-corrected chi connectivity index (χ3v) is 5.10. The number of halogens is 1. The van der Waals surface area contributed by atoms with E-state index in [0.29, 0.717) is 23.7 Å². The molecule has 1 amide bonds. The molecule has 0 fully saturated rings. The van der Waals surface area contributed by atoms with E-state index in [9.17, 15) is 4.79 Å². The normalized spacial score (nSPS) is 10.7. The summed E-state index contributed by atoms with van der Waals surface area (Å²) in [5.41, 5.74) is 2.96. The van der Waals surface area contributed by atoms with Crippen LogP contribution < -0.4 is 10.1 Å². The summed E-state index contributed by atoms with van der Waals surface area (Å²) in [6.45, 7) is 2.91. The van der Waals surface area contributed by atoms with Crippen LogP contribution in [-0.4, -0.2) is 15.7 Å². The third kappa shape index (κ3) is 4.99. The van der Waals surface area contributed by atoms with E-state index in [1.165, 1.54) is 5.56 Å². The number of hydrogen-bond donors (Lipinski definition) is 1. The maximum Gasteiger partial charge on any atom is 0.291 e. The van der Waals surface area contributed by atoms with Gasteiger partial charge < -0.3 is 14.5 Å². The van der Waals surface area contributed by atoms with E-state index >= 15 is 0 Å². The standard InChI is InChI=1S/C23H20BrN3O3/c1-16-6-8-17(9-7-16)13-27-14-18(12-25-27)26-23(28)22-11-10-19(30-22)15-29-21-5-3-2-4-20(21)24/h2-12,14H,13,15H2,1H3,(H,26,28). The molecule has 2 aromatic heterocycles. The molecular formula is C23H20BrN3O3. The highest BCUT2D eigenvalue weighted by Crippen LogP contribution is 2.25. The van der Waals surface area contributed by atoms with Crippen molar-refractivity contribution in [2.24, 2.45) is 0 Å². The molecule has 30 heavy (non-hydrogen) atoms. The van der Waals surface area contributed by atoms with Gasteiger partial charge in [-0.3, -0.25) is 9.48 Å². The number of hydrogen-bond acceptors (Lipinski definition) is 4. The van der Waals surface area contributed by atoms with Crippen molar-refractivity contribution in [3.05, 3.63) is 100 Å². The van der Waals surface area contributed by atoms with Crippen LogP contribution in [0.5, 0.6) is 5.75 Å². The van der Waals surface area contributed by atoms with Crippen LogP contribution >= 0.6 is 15.9 Å². The van der Waals surface area contributed by atoms with E-state index in [0.717, 1.165) is 10.0 Å². The summed E-state index contributed by atoms with van der Waals surface area (Å²) in [5, 5.41) is 7.11. The second-order valence-corrected chi connectivity index (χ2v) is 7.71. The fraction of sp³-hybridized carbons (Fsp3) is 0.130. The first-order chi connectivity index (χ1) is 14.6. The fourth-order valence-corrected chi connectivity index (χ4v) is 3.28. The summed E-state index contributed by atoms with van der Waals surface area (Å²) >= 11 is 3.43. The Labute approximate surface area is 182 Å². The molecule has 2 heterocycles. The quantitative estimate of drug-likeness (QED) is 0.395. The Balaban J connectivity index is 1.34. The van der Waals surface area contributed by atoms with Gasteiger partial charge >= 0.3 is 0 Å². The lowest BCUT2D eigenvalue weighted by Crippen LogP contribution is -2.10. The van der Waals surface area contributed by atoms with Crippen LogP contribution in [0.25, 0.3) is 0 Å². The molecule has 0 bridgehead atoms. The second-order valence-electron chi connectivity index (χ2n) is 6.85. The topological polar surface area (TPSA) is 69.3 Å². The molecule has 6 nitrogen and oxygen atoms in total. The van der Waals surface area contributed by atoms with E-state index in [1.807, 2.05) is 24.3 Å². The van der Waals surface area contributed by atoms with Crippen molar-refractivity contribution in [3.63, 3.8) is 0 Å². The molecule has 152 valence electrons. The molecule has 4 rings (SSSR count). The van der Waals surface area contributed by atoms with Crippen LogP contribution in [0.4, 0.5) is 5.69 Å². The monoisotopic (exact) mass is 465 g/mol. The van der Waals surface area contributed by atoms with Gasteiger partial charge in [0.2, 0.25) is 0 Å². The molecule has 0 radical (unpaired) electrons. The number of nitrogens with zero attached hydrogens (tertiary/aromatic N) is 2. The SMILES string of the molecule is Cc1ccc(Cn2cc(NC(=O)c3ccc(COc4ccccc4Br)o3)cn2)cc1. The molecular weight excluding hydrogens is 446 g/mol. The zero-order valence-corrected chi connectivity index (χ0v) is 17.9. The van der Waals surface area contributed by atoms with Crippen molar-refractivity contribution in [2.45, 2.75) is 20.1 Å². The molecule has 0 saturated heterocycles. The van der Waals surface area contributed by atoms with Crippen molar-refractivity contribution in [2.75, 3.05) is 5.32 Å². The molecule has 0 unspecified atom stereocenters. The molecule has 2 aromatic carbocycles.